The predicted octanol–water partition coefficient (Wildman–Crippen LogP) is 0.547. The van der Waals surface area contributed by atoms with Gasteiger partial charge in [0, 0.05) is 18.6 Å². The van der Waals surface area contributed by atoms with Gasteiger partial charge in [0.25, 0.3) is 0 Å². The van der Waals surface area contributed by atoms with E-state index in [9.17, 15) is 4.39 Å². The molecule has 2 heterocycles. The molecule has 0 aliphatic heterocycles. The molecule has 18 heavy (non-hydrogen) atoms. The normalized spacial score (nSPS) is 27.3. The van der Waals surface area contributed by atoms with Crippen LogP contribution < -0.4 is 5.73 Å². The molecule has 6 nitrogen and oxygen atoms in total. The van der Waals surface area contributed by atoms with Gasteiger partial charge in [-0.25, -0.2) is 15.0 Å². The average molecular weight is 251 g/mol. The Morgan fingerprint density at radius 2 is 2.28 bits per heavy atom. The van der Waals surface area contributed by atoms with Gasteiger partial charge in [-0.3, -0.25) is 4.39 Å². The van der Waals surface area contributed by atoms with Crippen molar-refractivity contribution in [3.8, 4) is 0 Å². The van der Waals surface area contributed by atoms with Gasteiger partial charge in [0.1, 0.15) is 11.8 Å². The van der Waals surface area contributed by atoms with Crippen molar-refractivity contribution >= 4 is 17.0 Å². The SMILES string of the molecule is Nc1ncnc2c1ncn2[C@@H]1C[C@H](CO)[C@H]1CF. The number of aromatic nitrogens is 4. The van der Waals surface area contributed by atoms with E-state index < -0.39 is 6.67 Å². The molecule has 0 aromatic carbocycles. The number of halogens is 1. The number of hydrogen-bond acceptors (Lipinski definition) is 5. The maximum Gasteiger partial charge on any atom is 0.165 e. The predicted molar refractivity (Wildman–Crippen MR) is 63.4 cm³/mol. The Morgan fingerprint density at radius 1 is 1.44 bits per heavy atom. The van der Waals surface area contributed by atoms with Crippen molar-refractivity contribution in [2.24, 2.45) is 11.8 Å². The van der Waals surface area contributed by atoms with Crippen LogP contribution in [0.5, 0.6) is 0 Å². The summed E-state index contributed by atoms with van der Waals surface area (Å²) in [5.41, 5.74) is 6.88. The molecule has 0 saturated heterocycles. The van der Waals surface area contributed by atoms with Crippen molar-refractivity contribution in [2.45, 2.75) is 12.5 Å². The molecule has 3 rings (SSSR count). The van der Waals surface area contributed by atoms with E-state index in [1.54, 1.807) is 6.33 Å². The van der Waals surface area contributed by atoms with Crippen LogP contribution >= 0.6 is 0 Å². The summed E-state index contributed by atoms with van der Waals surface area (Å²) >= 11 is 0. The number of rotatable bonds is 3. The fourth-order valence-corrected chi connectivity index (χ4v) is 2.65. The lowest BCUT2D eigenvalue weighted by Gasteiger charge is -2.43. The molecule has 1 aliphatic carbocycles. The molecule has 3 N–H and O–H groups in total. The summed E-state index contributed by atoms with van der Waals surface area (Å²) in [5, 5.41) is 9.12. The molecule has 0 spiro atoms. The minimum Gasteiger partial charge on any atom is -0.396 e. The number of hydrogen-bond donors (Lipinski definition) is 2. The van der Waals surface area contributed by atoms with Crippen molar-refractivity contribution in [1.29, 1.82) is 0 Å². The molecule has 2 aromatic heterocycles. The molecule has 0 unspecified atom stereocenters. The first-order valence-electron chi connectivity index (χ1n) is 5.86. The van der Waals surface area contributed by atoms with Crippen molar-refractivity contribution in [1.82, 2.24) is 19.5 Å². The Morgan fingerprint density at radius 3 is 3.00 bits per heavy atom. The molecule has 1 fully saturated rings. The van der Waals surface area contributed by atoms with Gasteiger partial charge in [0.2, 0.25) is 0 Å². The largest absolute Gasteiger partial charge is 0.396 e. The maximum atomic E-state index is 13.0. The van der Waals surface area contributed by atoms with E-state index in [0.717, 1.165) is 6.42 Å². The molecule has 0 radical (unpaired) electrons. The Labute approximate surface area is 103 Å². The van der Waals surface area contributed by atoms with Crippen LogP contribution in [0.2, 0.25) is 0 Å². The molecule has 2 aromatic rings. The fraction of sp³-hybridized carbons (Fsp3) is 0.545. The van der Waals surface area contributed by atoms with Crippen LogP contribution in [0.3, 0.4) is 0 Å². The van der Waals surface area contributed by atoms with Crippen LogP contribution in [0.1, 0.15) is 12.5 Å². The first kappa shape index (κ1) is 11.3. The average Bonchev–Trinajstić information content (AvgIpc) is 2.75. The standard InChI is InChI=1S/C11H14FN5O/c12-2-7-6(3-18)1-8(7)17-5-16-9-10(13)14-4-15-11(9)17/h4-8,18H,1-3H2,(H2,13,14,15)/t6-,7-,8-/m1/s1. The second-order valence-electron chi connectivity index (χ2n) is 4.65. The quantitative estimate of drug-likeness (QED) is 0.831. The molecule has 96 valence electrons. The topological polar surface area (TPSA) is 89.9 Å². The lowest BCUT2D eigenvalue weighted by Crippen LogP contribution is -2.41. The summed E-state index contributed by atoms with van der Waals surface area (Å²) in [7, 11) is 0. The van der Waals surface area contributed by atoms with E-state index in [-0.39, 0.29) is 24.5 Å². The molecule has 7 heteroatoms. The van der Waals surface area contributed by atoms with Crippen LogP contribution in [0, 0.1) is 11.8 Å². The van der Waals surface area contributed by atoms with Crippen LogP contribution in [0.25, 0.3) is 11.2 Å². The monoisotopic (exact) mass is 251 g/mol. The van der Waals surface area contributed by atoms with Gasteiger partial charge in [0.05, 0.1) is 13.0 Å². The lowest BCUT2D eigenvalue weighted by molar-refractivity contribution is 0.0158. The van der Waals surface area contributed by atoms with E-state index in [2.05, 4.69) is 15.0 Å². The number of aliphatic hydroxyl groups excluding tert-OH is 1. The van der Waals surface area contributed by atoms with Gasteiger partial charge < -0.3 is 15.4 Å². The number of nitrogens with two attached hydrogens (primary N) is 1. The highest BCUT2D eigenvalue weighted by atomic mass is 19.1. The van der Waals surface area contributed by atoms with Crippen molar-refractivity contribution in [2.75, 3.05) is 19.0 Å². The number of aliphatic hydroxyl groups is 1. The number of fused-ring (bicyclic) bond motifs is 1. The number of nitrogen functional groups attached to an aromatic ring is 1. The zero-order chi connectivity index (χ0) is 12.7. The van der Waals surface area contributed by atoms with E-state index in [4.69, 9.17) is 10.8 Å². The van der Waals surface area contributed by atoms with E-state index in [0.29, 0.717) is 17.0 Å². The van der Waals surface area contributed by atoms with Crippen LogP contribution in [-0.2, 0) is 0 Å². The molecule has 1 aliphatic rings. The molecule has 0 amide bonds. The molecule has 0 bridgehead atoms. The first-order valence-corrected chi connectivity index (χ1v) is 5.86. The minimum atomic E-state index is -0.448. The summed E-state index contributed by atoms with van der Waals surface area (Å²) in [4.78, 5) is 12.2. The highest BCUT2D eigenvalue weighted by Gasteiger charge is 2.42. The number of imidazole rings is 1. The third-order valence-electron chi connectivity index (χ3n) is 3.80. The van der Waals surface area contributed by atoms with Gasteiger partial charge in [0.15, 0.2) is 11.5 Å². The summed E-state index contributed by atoms with van der Waals surface area (Å²) in [5.74, 6) is 0.175. The second-order valence-corrected chi connectivity index (χ2v) is 4.65. The van der Waals surface area contributed by atoms with Crippen LogP contribution in [0.4, 0.5) is 10.2 Å². The molecular formula is C11H14FN5O. The third kappa shape index (κ3) is 1.47. The summed E-state index contributed by atoms with van der Waals surface area (Å²) in [6.07, 6.45) is 3.74. The molecular weight excluding hydrogens is 237 g/mol. The Balaban J connectivity index is 1.99. The van der Waals surface area contributed by atoms with Gasteiger partial charge in [-0.15, -0.1) is 0 Å². The van der Waals surface area contributed by atoms with Crippen LogP contribution in [-0.4, -0.2) is 37.9 Å². The van der Waals surface area contributed by atoms with Crippen molar-refractivity contribution in [3.63, 3.8) is 0 Å². The van der Waals surface area contributed by atoms with Gasteiger partial charge >= 0.3 is 0 Å². The van der Waals surface area contributed by atoms with Crippen molar-refractivity contribution in [3.05, 3.63) is 12.7 Å². The first-order chi connectivity index (χ1) is 8.76. The Bertz CT molecular complexity index is 572. The fourth-order valence-electron chi connectivity index (χ4n) is 2.65. The van der Waals surface area contributed by atoms with Gasteiger partial charge in [-0.2, -0.15) is 0 Å². The van der Waals surface area contributed by atoms with Crippen LogP contribution in [0.15, 0.2) is 12.7 Å². The minimum absolute atomic E-state index is 0.00792. The van der Waals surface area contributed by atoms with E-state index in [1.807, 2.05) is 4.57 Å². The van der Waals surface area contributed by atoms with E-state index >= 15 is 0 Å². The highest BCUT2D eigenvalue weighted by Crippen LogP contribution is 2.45. The summed E-state index contributed by atoms with van der Waals surface area (Å²) in [6.45, 7) is -0.426. The number of alkyl halides is 1. The Kier molecular flexibility index (Phi) is 2.62. The zero-order valence-electron chi connectivity index (χ0n) is 9.70. The number of anilines is 1. The smallest absolute Gasteiger partial charge is 0.165 e. The van der Waals surface area contributed by atoms with E-state index in [1.165, 1.54) is 6.33 Å². The molecule has 1 saturated carbocycles. The highest BCUT2D eigenvalue weighted by molar-refractivity contribution is 5.81. The zero-order valence-corrected chi connectivity index (χ0v) is 9.70. The lowest BCUT2D eigenvalue weighted by atomic mass is 9.70. The van der Waals surface area contributed by atoms with Gasteiger partial charge in [-0.05, 0) is 12.3 Å². The number of nitrogens with zero attached hydrogens (tertiary/aromatic N) is 4. The Hall–Kier alpha value is -1.76. The second kappa shape index (κ2) is 4.16. The van der Waals surface area contributed by atoms with Gasteiger partial charge in [-0.1, -0.05) is 0 Å². The summed E-state index contributed by atoms with van der Waals surface area (Å²) in [6, 6.07) is -0.00792. The molecule has 3 atom stereocenters. The summed E-state index contributed by atoms with van der Waals surface area (Å²) < 4.78 is 14.8. The van der Waals surface area contributed by atoms with Crippen molar-refractivity contribution < 1.29 is 9.50 Å². The third-order valence-corrected chi connectivity index (χ3v) is 3.80. The maximum absolute atomic E-state index is 13.0.